The molecule has 1 amide bonds. The number of hydrogen-bond acceptors (Lipinski definition) is 13. The van der Waals surface area contributed by atoms with Crippen molar-refractivity contribution in [1.29, 1.82) is 0 Å². The lowest BCUT2D eigenvalue weighted by molar-refractivity contribution is -0.376. The summed E-state index contributed by atoms with van der Waals surface area (Å²) in [6.45, 7) is 8.87. The molecule has 3 aliphatic heterocycles. The Bertz CT molecular complexity index is 1150. The standard InChI is InChI=1S/C30H41NO13/c1-7-13-36-29-22(31-16(3)32)25(24-21(42-29)14-37-28(43-24)20-11-9-8-10-12-20)44-30-27(41-19(6)35)26(40-18(5)34)23(15(2)38-30)39-17(4)33/h8-12,15,21-30H,7,13-14H2,1-6H3,(H,31,32)/t15-,21+,22+,23+,24+,25+,26+,27-,28?,29-,30?/m0/s1. The minimum absolute atomic E-state index is 0.114. The van der Waals surface area contributed by atoms with Crippen LogP contribution in [0.3, 0.4) is 0 Å². The van der Waals surface area contributed by atoms with Crippen molar-refractivity contribution in [2.24, 2.45) is 0 Å². The quantitative estimate of drug-likeness (QED) is 0.296. The fraction of sp³-hybridized carbons (Fsp3) is 0.667. The van der Waals surface area contributed by atoms with Crippen LogP contribution in [0.2, 0.25) is 0 Å². The molecule has 44 heavy (non-hydrogen) atoms. The van der Waals surface area contributed by atoms with Gasteiger partial charge in [0.25, 0.3) is 0 Å². The summed E-state index contributed by atoms with van der Waals surface area (Å²) in [5, 5.41) is 2.86. The molecule has 1 N–H and O–H groups in total. The van der Waals surface area contributed by atoms with Gasteiger partial charge in [-0.15, -0.1) is 0 Å². The van der Waals surface area contributed by atoms with Crippen LogP contribution in [-0.2, 0) is 61.8 Å². The van der Waals surface area contributed by atoms with Gasteiger partial charge in [-0.1, -0.05) is 37.3 Å². The van der Waals surface area contributed by atoms with Gasteiger partial charge in [-0.05, 0) is 13.3 Å². The molecule has 11 atom stereocenters. The molecule has 0 spiro atoms. The van der Waals surface area contributed by atoms with Gasteiger partial charge in [-0.25, -0.2) is 0 Å². The number of amides is 1. The van der Waals surface area contributed by atoms with Crippen LogP contribution in [-0.4, -0.2) is 98.4 Å². The van der Waals surface area contributed by atoms with E-state index in [2.05, 4.69) is 5.32 Å². The topological polar surface area (TPSA) is 163 Å². The van der Waals surface area contributed by atoms with Crippen molar-refractivity contribution in [1.82, 2.24) is 5.32 Å². The zero-order valence-corrected chi connectivity index (χ0v) is 25.7. The van der Waals surface area contributed by atoms with E-state index in [4.69, 9.17) is 42.6 Å². The SMILES string of the molecule is CCCO[C@H]1O[C@@H]2COC(c3ccccc3)O[C@H]2[C@H](OC2O[C@@H](C)[C@@H](OC(C)=O)[C@@H](OC(C)=O)[C@@H]2OC(C)=O)[C@H]1NC(C)=O. The van der Waals surface area contributed by atoms with E-state index < -0.39 is 85.5 Å². The van der Waals surface area contributed by atoms with E-state index in [-0.39, 0.29) is 12.5 Å². The van der Waals surface area contributed by atoms with E-state index in [9.17, 15) is 19.2 Å². The van der Waals surface area contributed by atoms with Crippen LogP contribution in [0.25, 0.3) is 0 Å². The van der Waals surface area contributed by atoms with E-state index in [1.807, 2.05) is 37.3 Å². The first-order chi connectivity index (χ1) is 21.0. The maximum Gasteiger partial charge on any atom is 0.303 e. The average Bonchev–Trinajstić information content (AvgIpc) is 2.96. The molecule has 3 saturated heterocycles. The Balaban J connectivity index is 1.72. The first kappa shape index (κ1) is 33.7. The minimum atomic E-state index is -1.36. The summed E-state index contributed by atoms with van der Waals surface area (Å²) >= 11 is 0. The number of esters is 3. The van der Waals surface area contributed by atoms with Crippen LogP contribution < -0.4 is 5.32 Å². The van der Waals surface area contributed by atoms with Gasteiger partial charge in [-0.3, -0.25) is 19.2 Å². The maximum atomic E-state index is 12.4. The van der Waals surface area contributed by atoms with Crippen molar-refractivity contribution in [3.63, 3.8) is 0 Å². The summed E-state index contributed by atoms with van der Waals surface area (Å²) in [5.74, 6) is -2.46. The van der Waals surface area contributed by atoms with Crippen molar-refractivity contribution in [2.75, 3.05) is 13.2 Å². The van der Waals surface area contributed by atoms with Gasteiger partial charge in [0.05, 0.1) is 12.7 Å². The lowest BCUT2D eigenvalue weighted by atomic mass is 9.94. The second kappa shape index (κ2) is 15.2. The molecule has 2 unspecified atom stereocenters. The summed E-state index contributed by atoms with van der Waals surface area (Å²) in [7, 11) is 0. The molecule has 3 aliphatic rings. The Morgan fingerprint density at radius 1 is 0.818 bits per heavy atom. The number of carbonyl (C=O) groups excluding carboxylic acids is 4. The van der Waals surface area contributed by atoms with Gasteiger partial charge < -0.3 is 47.9 Å². The molecule has 3 fully saturated rings. The summed E-state index contributed by atoms with van der Waals surface area (Å²) in [6, 6.07) is 8.36. The first-order valence-corrected chi connectivity index (χ1v) is 14.7. The van der Waals surface area contributed by atoms with Gasteiger partial charge >= 0.3 is 17.9 Å². The highest BCUT2D eigenvalue weighted by Gasteiger charge is 2.56. The lowest BCUT2D eigenvalue weighted by Crippen LogP contribution is -2.69. The van der Waals surface area contributed by atoms with Crippen molar-refractivity contribution in [2.45, 2.75) is 116 Å². The van der Waals surface area contributed by atoms with Gasteiger partial charge in [0.15, 0.2) is 37.2 Å². The number of carbonyl (C=O) groups is 4. The van der Waals surface area contributed by atoms with E-state index in [1.165, 1.54) is 27.7 Å². The molecule has 3 heterocycles. The van der Waals surface area contributed by atoms with E-state index in [1.54, 1.807) is 6.92 Å². The predicted octanol–water partition coefficient (Wildman–Crippen LogP) is 1.68. The van der Waals surface area contributed by atoms with Gasteiger partial charge in [0, 0.05) is 39.9 Å². The first-order valence-electron chi connectivity index (χ1n) is 14.7. The second-order valence-electron chi connectivity index (χ2n) is 10.8. The van der Waals surface area contributed by atoms with Crippen molar-refractivity contribution in [3.05, 3.63) is 35.9 Å². The zero-order chi connectivity index (χ0) is 32.0. The third-order valence-corrected chi connectivity index (χ3v) is 7.19. The van der Waals surface area contributed by atoms with Crippen molar-refractivity contribution < 1.29 is 61.8 Å². The highest BCUT2D eigenvalue weighted by molar-refractivity contribution is 5.73. The number of ether oxygens (including phenoxy) is 9. The summed E-state index contributed by atoms with van der Waals surface area (Å²) in [6.07, 6.45) is -9.57. The molecule has 1 aromatic carbocycles. The largest absolute Gasteiger partial charge is 0.456 e. The third-order valence-electron chi connectivity index (χ3n) is 7.19. The van der Waals surface area contributed by atoms with Crippen molar-refractivity contribution >= 4 is 23.8 Å². The molecular weight excluding hydrogens is 582 g/mol. The molecule has 244 valence electrons. The van der Waals surface area contributed by atoms with Crippen LogP contribution in [0.15, 0.2) is 30.3 Å². The molecule has 14 nitrogen and oxygen atoms in total. The molecule has 0 radical (unpaired) electrons. The fourth-order valence-corrected chi connectivity index (χ4v) is 5.51. The highest BCUT2D eigenvalue weighted by atomic mass is 16.8. The van der Waals surface area contributed by atoms with E-state index >= 15 is 0 Å². The molecule has 0 saturated carbocycles. The summed E-state index contributed by atoms with van der Waals surface area (Å²) < 4.78 is 53.9. The molecule has 1 aromatic rings. The summed E-state index contributed by atoms with van der Waals surface area (Å²) in [5.41, 5.74) is 0.754. The van der Waals surface area contributed by atoms with Crippen LogP contribution in [0.5, 0.6) is 0 Å². The number of nitrogens with one attached hydrogen (secondary N) is 1. The molecule has 0 bridgehead atoms. The Morgan fingerprint density at radius 3 is 2.07 bits per heavy atom. The Labute approximate surface area is 255 Å². The monoisotopic (exact) mass is 623 g/mol. The second-order valence-corrected chi connectivity index (χ2v) is 10.8. The number of benzene rings is 1. The molecule has 0 aliphatic carbocycles. The van der Waals surface area contributed by atoms with E-state index in [0.29, 0.717) is 13.0 Å². The van der Waals surface area contributed by atoms with Crippen LogP contribution in [0.4, 0.5) is 0 Å². The molecule has 14 heteroatoms. The lowest BCUT2D eigenvalue weighted by Gasteiger charge is -2.51. The normalized spacial score (nSPS) is 35.1. The number of rotatable bonds is 10. The Hall–Kier alpha value is -3.14. The highest BCUT2D eigenvalue weighted by Crippen LogP contribution is 2.38. The van der Waals surface area contributed by atoms with Crippen LogP contribution >= 0.6 is 0 Å². The predicted molar refractivity (Wildman–Crippen MR) is 148 cm³/mol. The van der Waals surface area contributed by atoms with Crippen LogP contribution in [0.1, 0.15) is 59.8 Å². The van der Waals surface area contributed by atoms with E-state index in [0.717, 1.165) is 5.56 Å². The van der Waals surface area contributed by atoms with Gasteiger partial charge in [0.1, 0.15) is 24.4 Å². The molecular formula is C30H41NO13. The van der Waals surface area contributed by atoms with Crippen molar-refractivity contribution in [3.8, 4) is 0 Å². The average molecular weight is 624 g/mol. The minimum Gasteiger partial charge on any atom is -0.456 e. The van der Waals surface area contributed by atoms with Gasteiger partial charge in [-0.2, -0.15) is 0 Å². The van der Waals surface area contributed by atoms with Gasteiger partial charge in [0.2, 0.25) is 5.91 Å². The third kappa shape index (κ3) is 8.31. The van der Waals surface area contributed by atoms with Crippen LogP contribution in [0, 0.1) is 0 Å². The number of hydrogen-bond donors (Lipinski definition) is 1. The molecule has 4 rings (SSSR count). The summed E-state index contributed by atoms with van der Waals surface area (Å²) in [4.78, 5) is 48.8. The fourth-order valence-electron chi connectivity index (χ4n) is 5.51. The number of fused-ring (bicyclic) bond motifs is 1. The molecule has 0 aromatic heterocycles. The Morgan fingerprint density at radius 2 is 1.45 bits per heavy atom. The zero-order valence-electron chi connectivity index (χ0n) is 25.7. The smallest absolute Gasteiger partial charge is 0.303 e. The Kier molecular flexibility index (Phi) is 11.7. The maximum absolute atomic E-state index is 12.4.